The Morgan fingerprint density at radius 1 is 1.04 bits per heavy atom. The molecule has 1 N–H and O–H groups in total. The summed E-state index contributed by atoms with van der Waals surface area (Å²) in [6, 6.07) is 20.8. The van der Waals surface area contributed by atoms with Crippen LogP contribution in [-0.2, 0) is 0 Å². The highest BCUT2D eigenvalue weighted by atomic mass is 35.5. The van der Waals surface area contributed by atoms with Gasteiger partial charge in [-0.25, -0.2) is 4.98 Å². The van der Waals surface area contributed by atoms with Crippen LogP contribution >= 0.6 is 23.4 Å². The number of carbonyl (C=O) groups is 1. The Labute approximate surface area is 169 Å². The molecule has 0 aliphatic carbocycles. The average Bonchev–Trinajstić information content (AvgIpc) is 2.72. The van der Waals surface area contributed by atoms with Gasteiger partial charge in [0.1, 0.15) is 5.03 Å². The number of pyridine rings is 1. The maximum absolute atomic E-state index is 13.1. The summed E-state index contributed by atoms with van der Waals surface area (Å²) in [5.74, 6) is 0.793. The molecule has 0 aliphatic heterocycles. The highest BCUT2D eigenvalue weighted by Crippen LogP contribution is 2.26. The van der Waals surface area contributed by atoms with E-state index in [0.717, 1.165) is 28.3 Å². The van der Waals surface area contributed by atoms with E-state index in [0.29, 0.717) is 10.6 Å². The molecular formula is C22H21ClN2OS. The minimum Gasteiger partial charge on any atom is -0.341 e. The van der Waals surface area contributed by atoms with Crippen LogP contribution in [0.1, 0.15) is 40.9 Å². The molecule has 1 atom stereocenters. The number of benzene rings is 2. The number of thioether (sulfide) groups is 1. The third-order valence-corrected chi connectivity index (χ3v) is 5.53. The van der Waals surface area contributed by atoms with Gasteiger partial charge >= 0.3 is 0 Å². The fraction of sp³-hybridized carbons (Fsp3) is 0.182. The summed E-state index contributed by atoms with van der Waals surface area (Å²) >= 11 is 7.64. The van der Waals surface area contributed by atoms with E-state index < -0.39 is 0 Å². The van der Waals surface area contributed by atoms with Crippen molar-refractivity contribution < 1.29 is 4.79 Å². The molecule has 2 aromatic carbocycles. The lowest BCUT2D eigenvalue weighted by Gasteiger charge is -2.20. The van der Waals surface area contributed by atoms with Gasteiger partial charge in [0.2, 0.25) is 0 Å². The van der Waals surface area contributed by atoms with Crippen molar-refractivity contribution in [1.29, 1.82) is 0 Å². The van der Waals surface area contributed by atoms with Crippen LogP contribution in [0, 0.1) is 0 Å². The molecule has 1 heterocycles. The van der Waals surface area contributed by atoms with Crippen molar-refractivity contribution in [2.24, 2.45) is 0 Å². The lowest BCUT2D eigenvalue weighted by molar-refractivity contribution is 0.0939. The number of nitrogens with zero attached hydrogens (tertiary/aromatic N) is 1. The largest absolute Gasteiger partial charge is 0.341 e. The Kier molecular flexibility index (Phi) is 6.91. The number of nitrogens with one attached hydrogen (secondary N) is 1. The van der Waals surface area contributed by atoms with Crippen LogP contribution < -0.4 is 5.32 Å². The van der Waals surface area contributed by atoms with Crippen molar-refractivity contribution in [3.8, 4) is 0 Å². The highest BCUT2D eigenvalue weighted by Gasteiger charge is 2.20. The van der Waals surface area contributed by atoms with Gasteiger partial charge < -0.3 is 5.32 Å². The molecule has 0 bridgehead atoms. The molecule has 1 aromatic heterocycles. The molecule has 0 radical (unpaired) electrons. The minimum absolute atomic E-state index is 0.134. The fourth-order valence-corrected chi connectivity index (χ4v) is 3.72. The van der Waals surface area contributed by atoms with Crippen LogP contribution in [0.25, 0.3) is 0 Å². The molecule has 0 spiro atoms. The second kappa shape index (κ2) is 9.58. The van der Waals surface area contributed by atoms with E-state index in [9.17, 15) is 4.79 Å². The number of halogens is 1. The molecule has 1 amide bonds. The summed E-state index contributed by atoms with van der Waals surface area (Å²) in [6.07, 6.45) is 2.75. The Morgan fingerprint density at radius 3 is 2.44 bits per heavy atom. The van der Waals surface area contributed by atoms with Crippen LogP contribution in [-0.4, -0.2) is 16.6 Å². The number of aromatic nitrogens is 1. The van der Waals surface area contributed by atoms with E-state index in [2.05, 4.69) is 17.2 Å². The fourth-order valence-electron chi connectivity index (χ4n) is 2.75. The maximum Gasteiger partial charge on any atom is 0.254 e. The summed E-state index contributed by atoms with van der Waals surface area (Å²) in [7, 11) is 0. The third kappa shape index (κ3) is 5.12. The van der Waals surface area contributed by atoms with E-state index >= 15 is 0 Å². The molecule has 0 saturated heterocycles. The predicted octanol–water partition coefficient (Wildman–Crippen LogP) is 5.76. The number of rotatable bonds is 7. The minimum atomic E-state index is -0.264. The van der Waals surface area contributed by atoms with Gasteiger partial charge in [0.05, 0.1) is 11.6 Å². The Morgan fingerprint density at radius 2 is 1.74 bits per heavy atom. The predicted molar refractivity (Wildman–Crippen MR) is 112 cm³/mol. The second-order valence-corrected chi connectivity index (χ2v) is 7.59. The quantitative estimate of drug-likeness (QED) is 0.516. The first-order valence-corrected chi connectivity index (χ1v) is 10.2. The molecule has 0 fully saturated rings. The molecule has 0 aliphatic rings. The Bertz CT molecular complexity index is 884. The van der Waals surface area contributed by atoms with Gasteiger partial charge in [-0.2, -0.15) is 0 Å². The number of hydrogen-bond acceptors (Lipinski definition) is 3. The third-order valence-electron chi connectivity index (χ3n) is 4.07. The molecule has 138 valence electrons. The molecule has 3 aromatic rings. The monoisotopic (exact) mass is 396 g/mol. The standard InChI is InChI=1S/C22H21ClN2OS/c1-2-15-27-22-19(9-6-14-24-22)21(26)25-20(16-7-4-3-5-8-16)17-10-12-18(23)13-11-17/h3-14,20H,2,15H2,1H3,(H,25,26). The van der Waals surface area contributed by atoms with Crippen molar-refractivity contribution >= 4 is 29.3 Å². The molecule has 0 saturated carbocycles. The van der Waals surface area contributed by atoms with Crippen LogP contribution in [0.4, 0.5) is 0 Å². The highest BCUT2D eigenvalue weighted by molar-refractivity contribution is 7.99. The topological polar surface area (TPSA) is 42.0 Å². The van der Waals surface area contributed by atoms with E-state index in [-0.39, 0.29) is 11.9 Å². The number of carbonyl (C=O) groups excluding carboxylic acids is 1. The summed E-state index contributed by atoms with van der Waals surface area (Å²) in [5.41, 5.74) is 2.59. The molecule has 3 nitrogen and oxygen atoms in total. The summed E-state index contributed by atoms with van der Waals surface area (Å²) in [6.45, 7) is 2.11. The Hall–Kier alpha value is -2.30. The van der Waals surface area contributed by atoms with Crippen molar-refractivity contribution in [3.63, 3.8) is 0 Å². The molecule has 3 rings (SSSR count). The van der Waals surface area contributed by atoms with Gasteiger partial charge in [-0.3, -0.25) is 4.79 Å². The molecule has 27 heavy (non-hydrogen) atoms. The summed E-state index contributed by atoms with van der Waals surface area (Å²) < 4.78 is 0. The van der Waals surface area contributed by atoms with E-state index in [1.807, 2.05) is 60.7 Å². The SMILES string of the molecule is CCCSc1ncccc1C(=O)NC(c1ccccc1)c1ccc(Cl)cc1. The first-order valence-electron chi connectivity index (χ1n) is 8.88. The van der Waals surface area contributed by atoms with Gasteiger partial charge in [0.15, 0.2) is 0 Å². The van der Waals surface area contributed by atoms with E-state index in [4.69, 9.17) is 11.6 Å². The van der Waals surface area contributed by atoms with Gasteiger partial charge in [0, 0.05) is 11.2 Å². The van der Waals surface area contributed by atoms with Gasteiger partial charge in [-0.1, -0.05) is 61.0 Å². The summed E-state index contributed by atoms with van der Waals surface area (Å²) in [4.78, 5) is 17.4. The second-order valence-electron chi connectivity index (χ2n) is 6.07. The first kappa shape index (κ1) is 19.5. The normalized spacial score (nSPS) is 11.8. The molecule has 1 unspecified atom stereocenters. The zero-order valence-corrected chi connectivity index (χ0v) is 16.6. The van der Waals surface area contributed by atoms with E-state index in [1.54, 1.807) is 24.0 Å². The zero-order chi connectivity index (χ0) is 19.1. The van der Waals surface area contributed by atoms with Crippen LogP contribution in [0.5, 0.6) is 0 Å². The number of amides is 1. The zero-order valence-electron chi connectivity index (χ0n) is 15.1. The van der Waals surface area contributed by atoms with E-state index in [1.165, 1.54) is 0 Å². The Balaban J connectivity index is 1.91. The summed E-state index contributed by atoms with van der Waals surface area (Å²) in [5, 5.41) is 4.60. The first-order chi connectivity index (χ1) is 13.2. The van der Waals surface area contributed by atoms with Crippen molar-refractivity contribution in [2.45, 2.75) is 24.4 Å². The maximum atomic E-state index is 13.1. The average molecular weight is 397 g/mol. The lowest BCUT2D eigenvalue weighted by atomic mass is 9.98. The van der Waals surface area contributed by atoms with Crippen molar-refractivity contribution in [1.82, 2.24) is 10.3 Å². The van der Waals surface area contributed by atoms with Gasteiger partial charge in [-0.05, 0) is 47.6 Å². The van der Waals surface area contributed by atoms with Crippen LogP contribution in [0.2, 0.25) is 5.02 Å². The van der Waals surface area contributed by atoms with Crippen molar-refractivity contribution in [2.75, 3.05) is 5.75 Å². The smallest absolute Gasteiger partial charge is 0.254 e. The van der Waals surface area contributed by atoms with Crippen LogP contribution in [0.15, 0.2) is 78.0 Å². The van der Waals surface area contributed by atoms with Crippen LogP contribution in [0.3, 0.4) is 0 Å². The molecular weight excluding hydrogens is 376 g/mol. The molecule has 5 heteroatoms. The van der Waals surface area contributed by atoms with Crippen molar-refractivity contribution in [3.05, 3.63) is 94.6 Å². The lowest BCUT2D eigenvalue weighted by Crippen LogP contribution is -2.29. The van der Waals surface area contributed by atoms with Gasteiger partial charge in [0.25, 0.3) is 5.91 Å². The van der Waals surface area contributed by atoms with Gasteiger partial charge in [-0.15, -0.1) is 11.8 Å². The number of hydrogen-bond donors (Lipinski definition) is 1.